The maximum Gasteiger partial charge on any atom is 0.146 e. The van der Waals surface area contributed by atoms with E-state index in [1.807, 2.05) is 6.08 Å². The van der Waals surface area contributed by atoms with Crippen molar-refractivity contribution < 1.29 is 4.79 Å². The molecule has 14 heavy (non-hydrogen) atoms. The molecule has 0 heterocycles. The summed E-state index contributed by atoms with van der Waals surface area (Å²) in [7, 11) is 0. The van der Waals surface area contributed by atoms with E-state index in [1.165, 1.54) is 11.1 Å². The second-order valence-electron chi connectivity index (χ2n) is 4.19. The van der Waals surface area contributed by atoms with Crippen LogP contribution in [-0.4, -0.2) is 6.29 Å². The van der Waals surface area contributed by atoms with E-state index in [1.54, 1.807) is 0 Å². The lowest BCUT2D eigenvalue weighted by atomic mass is 9.85. The van der Waals surface area contributed by atoms with Gasteiger partial charge in [0.05, 0.1) is 0 Å². The Hall–Kier alpha value is -1.11. The summed E-state index contributed by atoms with van der Waals surface area (Å²) in [5.41, 5.74) is 3.65. The van der Waals surface area contributed by atoms with Crippen LogP contribution >= 0.6 is 0 Å². The molecule has 0 fully saturated rings. The molecule has 0 aromatic heterocycles. The number of carbonyl (C=O) groups excluding carboxylic acids is 1. The second kappa shape index (κ2) is 4.94. The van der Waals surface area contributed by atoms with Gasteiger partial charge in [-0.1, -0.05) is 29.4 Å². The molecule has 1 atom stereocenters. The average molecular weight is 190 g/mol. The van der Waals surface area contributed by atoms with Crippen LogP contribution in [0.15, 0.2) is 34.9 Å². The first-order valence-electron chi connectivity index (χ1n) is 5.09. The van der Waals surface area contributed by atoms with Gasteiger partial charge in [-0.3, -0.25) is 4.79 Å². The van der Waals surface area contributed by atoms with E-state index in [-0.39, 0.29) is 0 Å². The van der Waals surface area contributed by atoms with E-state index in [9.17, 15) is 4.79 Å². The van der Waals surface area contributed by atoms with Crippen molar-refractivity contribution in [2.75, 3.05) is 0 Å². The van der Waals surface area contributed by atoms with E-state index < -0.39 is 0 Å². The molecular weight excluding hydrogens is 172 g/mol. The van der Waals surface area contributed by atoms with E-state index in [0.717, 1.165) is 24.7 Å². The first-order valence-corrected chi connectivity index (χ1v) is 5.09. The fraction of sp³-hybridized carbons (Fsp3) is 0.462. The van der Waals surface area contributed by atoms with E-state index >= 15 is 0 Å². The van der Waals surface area contributed by atoms with E-state index in [0.29, 0.717) is 5.92 Å². The molecule has 0 radical (unpaired) electrons. The van der Waals surface area contributed by atoms with Crippen LogP contribution in [0.2, 0.25) is 0 Å². The topological polar surface area (TPSA) is 17.1 Å². The van der Waals surface area contributed by atoms with Crippen LogP contribution in [0, 0.1) is 5.92 Å². The zero-order valence-electron chi connectivity index (χ0n) is 9.21. The molecule has 1 unspecified atom stereocenters. The van der Waals surface area contributed by atoms with Crippen LogP contribution < -0.4 is 0 Å². The summed E-state index contributed by atoms with van der Waals surface area (Å²) in [6, 6.07) is 0. The van der Waals surface area contributed by atoms with Crippen molar-refractivity contribution in [2.24, 2.45) is 5.92 Å². The molecule has 0 amide bonds. The van der Waals surface area contributed by atoms with Gasteiger partial charge in [-0.25, -0.2) is 0 Å². The molecule has 0 spiro atoms. The molecule has 1 aliphatic carbocycles. The number of aldehydes is 1. The monoisotopic (exact) mass is 190 g/mol. The Kier molecular flexibility index (Phi) is 3.87. The third-order valence-corrected chi connectivity index (χ3v) is 2.65. The quantitative estimate of drug-likeness (QED) is 0.492. The lowest BCUT2D eigenvalue weighted by Gasteiger charge is -2.19. The third kappa shape index (κ3) is 2.99. The maximum atomic E-state index is 10.6. The molecular formula is C13H18O. The highest BCUT2D eigenvalue weighted by Gasteiger charge is 2.14. The second-order valence-corrected chi connectivity index (χ2v) is 4.19. The predicted molar refractivity (Wildman–Crippen MR) is 60.1 cm³/mol. The SMILES string of the molecule is CC(C)=CCC1CC(C=O)=CC=C1C. The molecule has 0 bridgehead atoms. The minimum absolute atomic E-state index is 0.523. The highest BCUT2D eigenvalue weighted by atomic mass is 16.1. The number of hydrogen-bond donors (Lipinski definition) is 0. The molecule has 0 N–H and O–H groups in total. The summed E-state index contributed by atoms with van der Waals surface area (Å²) in [6.07, 6.45) is 9.16. The minimum atomic E-state index is 0.523. The zero-order chi connectivity index (χ0) is 10.6. The Labute approximate surface area is 86.2 Å². The summed E-state index contributed by atoms with van der Waals surface area (Å²) in [6.45, 7) is 6.36. The Morgan fingerprint density at radius 3 is 2.79 bits per heavy atom. The van der Waals surface area contributed by atoms with Crippen molar-refractivity contribution in [3.63, 3.8) is 0 Å². The Bertz CT molecular complexity index is 301. The summed E-state index contributed by atoms with van der Waals surface area (Å²) >= 11 is 0. The molecule has 0 aliphatic heterocycles. The van der Waals surface area contributed by atoms with Crippen LogP contribution in [0.25, 0.3) is 0 Å². The lowest BCUT2D eigenvalue weighted by Crippen LogP contribution is -2.07. The largest absolute Gasteiger partial charge is 0.298 e. The van der Waals surface area contributed by atoms with Crippen LogP contribution in [0.5, 0.6) is 0 Å². The van der Waals surface area contributed by atoms with Crippen molar-refractivity contribution >= 4 is 6.29 Å². The first-order chi connectivity index (χ1) is 6.63. The summed E-state index contributed by atoms with van der Waals surface area (Å²) in [5.74, 6) is 0.523. The van der Waals surface area contributed by atoms with Gasteiger partial charge in [0.15, 0.2) is 0 Å². The molecule has 76 valence electrons. The maximum absolute atomic E-state index is 10.6. The molecule has 1 nitrogen and oxygen atoms in total. The fourth-order valence-corrected chi connectivity index (χ4v) is 1.62. The van der Waals surface area contributed by atoms with Crippen LogP contribution in [0.4, 0.5) is 0 Å². The van der Waals surface area contributed by atoms with Gasteiger partial charge in [-0.2, -0.15) is 0 Å². The first kappa shape index (κ1) is 11.0. The van der Waals surface area contributed by atoms with Gasteiger partial charge in [0.25, 0.3) is 0 Å². The van der Waals surface area contributed by atoms with Gasteiger partial charge in [0.2, 0.25) is 0 Å². The van der Waals surface area contributed by atoms with Crippen molar-refractivity contribution in [1.82, 2.24) is 0 Å². The van der Waals surface area contributed by atoms with Gasteiger partial charge in [-0.05, 0) is 45.1 Å². The zero-order valence-corrected chi connectivity index (χ0v) is 9.21. The van der Waals surface area contributed by atoms with Crippen molar-refractivity contribution in [3.05, 3.63) is 34.9 Å². The summed E-state index contributed by atoms with van der Waals surface area (Å²) in [5, 5.41) is 0. The van der Waals surface area contributed by atoms with Crippen molar-refractivity contribution in [2.45, 2.75) is 33.6 Å². The Morgan fingerprint density at radius 2 is 2.21 bits per heavy atom. The number of carbonyl (C=O) groups is 1. The van der Waals surface area contributed by atoms with Crippen molar-refractivity contribution in [3.8, 4) is 0 Å². The number of allylic oxidation sites excluding steroid dienone is 6. The Balaban J connectivity index is 2.65. The molecule has 1 aliphatic rings. The van der Waals surface area contributed by atoms with Gasteiger partial charge in [0.1, 0.15) is 6.29 Å². The average Bonchev–Trinajstić information content (AvgIpc) is 2.16. The van der Waals surface area contributed by atoms with E-state index in [2.05, 4.69) is 32.9 Å². The van der Waals surface area contributed by atoms with Gasteiger partial charge in [-0.15, -0.1) is 0 Å². The lowest BCUT2D eigenvalue weighted by molar-refractivity contribution is -0.105. The van der Waals surface area contributed by atoms with Gasteiger partial charge in [0, 0.05) is 0 Å². The van der Waals surface area contributed by atoms with Crippen LogP contribution in [0.3, 0.4) is 0 Å². The highest BCUT2D eigenvalue weighted by molar-refractivity contribution is 5.74. The number of hydrogen-bond acceptors (Lipinski definition) is 1. The van der Waals surface area contributed by atoms with Crippen molar-refractivity contribution in [1.29, 1.82) is 0 Å². The highest BCUT2D eigenvalue weighted by Crippen LogP contribution is 2.27. The summed E-state index contributed by atoms with van der Waals surface area (Å²) in [4.78, 5) is 10.6. The molecule has 0 saturated carbocycles. The van der Waals surface area contributed by atoms with Crippen LogP contribution in [-0.2, 0) is 4.79 Å². The molecule has 1 rings (SSSR count). The van der Waals surface area contributed by atoms with Gasteiger partial charge >= 0.3 is 0 Å². The fourth-order valence-electron chi connectivity index (χ4n) is 1.62. The molecule has 0 aromatic rings. The standard InChI is InChI=1S/C13H18O/c1-10(2)4-7-13-8-12(9-14)6-5-11(13)3/h4-6,9,13H,7-8H2,1-3H3. The predicted octanol–water partition coefficient (Wildman–Crippen LogP) is 3.43. The summed E-state index contributed by atoms with van der Waals surface area (Å²) < 4.78 is 0. The molecule has 1 heteroatoms. The smallest absolute Gasteiger partial charge is 0.146 e. The molecule has 0 saturated heterocycles. The van der Waals surface area contributed by atoms with Gasteiger partial charge < -0.3 is 0 Å². The third-order valence-electron chi connectivity index (χ3n) is 2.65. The van der Waals surface area contributed by atoms with E-state index in [4.69, 9.17) is 0 Å². The Morgan fingerprint density at radius 1 is 1.50 bits per heavy atom. The van der Waals surface area contributed by atoms with Crippen LogP contribution in [0.1, 0.15) is 33.6 Å². The number of rotatable bonds is 3. The molecule has 0 aromatic carbocycles. The normalized spacial score (nSPS) is 20.9. The minimum Gasteiger partial charge on any atom is -0.298 e.